The molecule has 1 fully saturated rings. The number of guanidine groups is 1. The van der Waals surface area contributed by atoms with E-state index in [9.17, 15) is 4.79 Å². The molecule has 1 aliphatic rings. The van der Waals surface area contributed by atoms with E-state index in [1.807, 2.05) is 0 Å². The minimum Gasteiger partial charge on any atom is -0.370 e. The highest BCUT2D eigenvalue weighted by Gasteiger charge is 2.13. The predicted octanol–water partition coefficient (Wildman–Crippen LogP) is 1.39. The quantitative estimate of drug-likeness (QED) is 0.503. The van der Waals surface area contributed by atoms with Crippen LogP contribution >= 0.6 is 0 Å². The molecule has 0 aliphatic heterocycles. The van der Waals surface area contributed by atoms with Crippen LogP contribution < -0.4 is 16.4 Å². The van der Waals surface area contributed by atoms with Gasteiger partial charge in [-0.15, -0.1) is 0 Å². The fourth-order valence-electron chi connectivity index (χ4n) is 2.19. The molecule has 110 valence electrons. The smallest absolute Gasteiger partial charge is 0.221 e. The molecule has 4 N–H and O–H groups in total. The number of amides is 1. The predicted molar refractivity (Wildman–Crippen MR) is 79.0 cm³/mol. The molecule has 0 unspecified atom stereocenters. The van der Waals surface area contributed by atoms with Gasteiger partial charge in [-0.1, -0.05) is 33.1 Å². The lowest BCUT2D eigenvalue weighted by Gasteiger charge is -2.23. The van der Waals surface area contributed by atoms with Gasteiger partial charge in [0.2, 0.25) is 5.91 Å². The summed E-state index contributed by atoms with van der Waals surface area (Å²) in [5.41, 5.74) is 5.82. The van der Waals surface area contributed by atoms with E-state index in [4.69, 9.17) is 5.73 Å². The van der Waals surface area contributed by atoms with Gasteiger partial charge >= 0.3 is 0 Å². The number of nitrogens with two attached hydrogens (primary N) is 1. The molecule has 0 saturated heterocycles. The number of rotatable bonds is 6. The molecule has 0 aromatic heterocycles. The van der Waals surface area contributed by atoms with Crippen molar-refractivity contribution >= 4 is 11.9 Å². The number of nitrogens with one attached hydrogen (secondary N) is 2. The van der Waals surface area contributed by atoms with Gasteiger partial charge in [0.05, 0.1) is 6.54 Å². The molecule has 0 spiro atoms. The zero-order chi connectivity index (χ0) is 14.1. The van der Waals surface area contributed by atoms with E-state index in [1.165, 1.54) is 32.1 Å². The summed E-state index contributed by atoms with van der Waals surface area (Å²) >= 11 is 0. The molecule has 0 atom stereocenters. The van der Waals surface area contributed by atoms with Crippen molar-refractivity contribution in [1.82, 2.24) is 10.6 Å². The van der Waals surface area contributed by atoms with Crippen LogP contribution in [-0.4, -0.2) is 31.0 Å². The molecule has 1 aliphatic carbocycles. The van der Waals surface area contributed by atoms with Crippen LogP contribution in [0, 0.1) is 5.92 Å². The maximum atomic E-state index is 11.5. The fourth-order valence-corrected chi connectivity index (χ4v) is 2.19. The van der Waals surface area contributed by atoms with Gasteiger partial charge < -0.3 is 16.4 Å². The molecule has 0 heterocycles. The van der Waals surface area contributed by atoms with E-state index in [1.54, 1.807) is 0 Å². The van der Waals surface area contributed by atoms with Crippen LogP contribution in [0.4, 0.5) is 0 Å². The van der Waals surface area contributed by atoms with Crippen molar-refractivity contribution in [3.63, 3.8) is 0 Å². The molecular formula is C14H28N4O. The second-order valence-corrected chi connectivity index (χ2v) is 5.69. The Kier molecular flexibility index (Phi) is 7.30. The molecule has 1 rings (SSSR count). The van der Waals surface area contributed by atoms with Crippen molar-refractivity contribution in [2.75, 3.05) is 13.1 Å². The summed E-state index contributed by atoms with van der Waals surface area (Å²) in [6, 6.07) is 0.465. The lowest BCUT2D eigenvalue weighted by molar-refractivity contribution is -0.121. The second-order valence-electron chi connectivity index (χ2n) is 5.69. The van der Waals surface area contributed by atoms with Crippen molar-refractivity contribution in [2.24, 2.45) is 16.6 Å². The van der Waals surface area contributed by atoms with E-state index >= 15 is 0 Å². The van der Waals surface area contributed by atoms with Crippen LogP contribution in [0.1, 0.15) is 52.4 Å². The summed E-state index contributed by atoms with van der Waals surface area (Å²) in [7, 11) is 0. The fraction of sp³-hybridized carbons (Fsp3) is 0.857. The molecule has 1 saturated carbocycles. The number of carbonyl (C=O) groups is 1. The first-order valence-electron chi connectivity index (χ1n) is 7.41. The lowest BCUT2D eigenvalue weighted by atomic mass is 9.96. The Bertz CT molecular complexity index is 296. The molecule has 0 radical (unpaired) electrons. The van der Waals surface area contributed by atoms with E-state index < -0.39 is 0 Å². The summed E-state index contributed by atoms with van der Waals surface area (Å²) < 4.78 is 0. The Morgan fingerprint density at radius 2 is 2.00 bits per heavy atom. The average molecular weight is 268 g/mol. The van der Waals surface area contributed by atoms with Crippen LogP contribution in [-0.2, 0) is 4.79 Å². The highest BCUT2D eigenvalue weighted by molar-refractivity contribution is 5.79. The van der Waals surface area contributed by atoms with Crippen molar-refractivity contribution in [3.8, 4) is 0 Å². The standard InChI is InChI=1S/C14H28N4O/c1-11(2)10-17-13(19)8-9-16-14(15)18-12-6-4-3-5-7-12/h11-12H,3-10H2,1-2H3,(H,17,19)(H3,15,16,18). The Morgan fingerprint density at radius 1 is 1.32 bits per heavy atom. The Hall–Kier alpha value is -1.26. The van der Waals surface area contributed by atoms with Gasteiger partial charge in [0.1, 0.15) is 0 Å². The van der Waals surface area contributed by atoms with Crippen molar-refractivity contribution in [1.29, 1.82) is 0 Å². The Morgan fingerprint density at radius 3 is 2.63 bits per heavy atom. The van der Waals surface area contributed by atoms with E-state index in [2.05, 4.69) is 29.5 Å². The van der Waals surface area contributed by atoms with Crippen LogP contribution in [0.2, 0.25) is 0 Å². The minimum absolute atomic E-state index is 0.0444. The number of aliphatic imine (C=N–C) groups is 1. The summed E-state index contributed by atoms with van der Waals surface area (Å²) in [5.74, 6) is 0.997. The highest BCUT2D eigenvalue weighted by atomic mass is 16.1. The van der Waals surface area contributed by atoms with Crippen LogP contribution in [0.25, 0.3) is 0 Å². The number of nitrogens with zero attached hydrogens (tertiary/aromatic N) is 1. The zero-order valence-electron chi connectivity index (χ0n) is 12.2. The summed E-state index contributed by atoms with van der Waals surface area (Å²) in [6.45, 7) is 5.32. The molecule has 1 amide bonds. The minimum atomic E-state index is 0.0444. The van der Waals surface area contributed by atoms with E-state index in [0.29, 0.717) is 30.9 Å². The van der Waals surface area contributed by atoms with Crippen molar-refractivity contribution < 1.29 is 4.79 Å². The Labute approximate surface area is 116 Å². The van der Waals surface area contributed by atoms with Crippen LogP contribution in [0.5, 0.6) is 0 Å². The van der Waals surface area contributed by atoms with Crippen LogP contribution in [0.15, 0.2) is 4.99 Å². The monoisotopic (exact) mass is 268 g/mol. The number of hydrogen-bond acceptors (Lipinski definition) is 2. The molecular weight excluding hydrogens is 240 g/mol. The van der Waals surface area contributed by atoms with Crippen molar-refractivity contribution in [2.45, 2.75) is 58.4 Å². The zero-order valence-corrected chi connectivity index (χ0v) is 12.2. The first kappa shape index (κ1) is 15.8. The van der Waals surface area contributed by atoms with Gasteiger partial charge in [-0.2, -0.15) is 0 Å². The number of carbonyl (C=O) groups excluding carboxylic acids is 1. The molecule has 0 aromatic carbocycles. The molecule has 0 bridgehead atoms. The first-order valence-corrected chi connectivity index (χ1v) is 7.41. The van der Waals surface area contributed by atoms with Crippen molar-refractivity contribution in [3.05, 3.63) is 0 Å². The van der Waals surface area contributed by atoms with Gasteiger partial charge in [-0.3, -0.25) is 9.79 Å². The van der Waals surface area contributed by atoms with Gasteiger partial charge in [-0.25, -0.2) is 0 Å². The maximum Gasteiger partial charge on any atom is 0.221 e. The summed E-state index contributed by atoms with van der Waals surface area (Å²) in [6.07, 6.45) is 6.60. The first-order chi connectivity index (χ1) is 9.08. The maximum absolute atomic E-state index is 11.5. The third kappa shape index (κ3) is 7.70. The largest absolute Gasteiger partial charge is 0.370 e. The van der Waals surface area contributed by atoms with E-state index in [-0.39, 0.29) is 5.91 Å². The normalized spacial score (nSPS) is 17.5. The van der Waals surface area contributed by atoms with Gasteiger partial charge in [-0.05, 0) is 18.8 Å². The van der Waals surface area contributed by atoms with Gasteiger partial charge in [0, 0.05) is 19.0 Å². The third-order valence-electron chi connectivity index (χ3n) is 3.29. The Balaban J connectivity index is 2.14. The highest BCUT2D eigenvalue weighted by Crippen LogP contribution is 2.16. The molecule has 0 aromatic rings. The second kappa shape index (κ2) is 8.77. The molecule has 5 heteroatoms. The average Bonchev–Trinajstić information content (AvgIpc) is 2.37. The van der Waals surface area contributed by atoms with E-state index in [0.717, 1.165) is 6.54 Å². The van der Waals surface area contributed by atoms with Gasteiger partial charge in [0.25, 0.3) is 0 Å². The lowest BCUT2D eigenvalue weighted by Crippen LogP contribution is -2.41. The SMILES string of the molecule is CC(C)CNC(=O)CCN=C(N)NC1CCCCC1. The summed E-state index contributed by atoms with van der Waals surface area (Å²) in [4.78, 5) is 15.7. The topological polar surface area (TPSA) is 79.5 Å². The van der Waals surface area contributed by atoms with Gasteiger partial charge in [0.15, 0.2) is 5.96 Å². The third-order valence-corrected chi connectivity index (χ3v) is 3.29. The molecule has 19 heavy (non-hydrogen) atoms. The molecule has 5 nitrogen and oxygen atoms in total. The summed E-state index contributed by atoms with van der Waals surface area (Å²) in [5, 5.41) is 6.11. The van der Waals surface area contributed by atoms with Crippen LogP contribution in [0.3, 0.4) is 0 Å². The number of hydrogen-bond donors (Lipinski definition) is 3.